The first-order chi connectivity index (χ1) is 11.2. The third kappa shape index (κ3) is 2.72. The Morgan fingerprint density at radius 3 is 2.91 bits per heavy atom. The van der Waals surface area contributed by atoms with Gasteiger partial charge in [-0.05, 0) is 30.2 Å². The number of nitrogens with one attached hydrogen (secondary N) is 2. The van der Waals surface area contributed by atoms with Gasteiger partial charge in [-0.1, -0.05) is 42.1 Å². The molecule has 0 saturated heterocycles. The van der Waals surface area contributed by atoms with Gasteiger partial charge in [0.2, 0.25) is 5.96 Å². The zero-order chi connectivity index (χ0) is 15.8. The molecule has 0 fully saturated rings. The Hall–Kier alpha value is -2.28. The van der Waals surface area contributed by atoms with Crippen LogP contribution in [0.2, 0.25) is 0 Å². The van der Waals surface area contributed by atoms with Crippen molar-refractivity contribution < 1.29 is 4.79 Å². The van der Waals surface area contributed by atoms with Crippen LogP contribution in [0.4, 0.5) is 0 Å². The van der Waals surface area contributed by atoms with Gasteiger partial charge in [-0.15, -0.1) is 0 Å². The minimum absolute atomic E-state index is 0.0906. The van der Waals surface area contributed by atoms with Gasteiger partial charge in [-0.3, -0.25) is 10.2 Å². The number of amidine groups is 1. The molecule has 1 aromatic carbocycles. The average Bonchev–Trinajstić information content (AvgIpc) is 2.96. The van der Waals surface area contributed by atoms with Crippen molar-refractivity contribution in [3.05, 3.63) is 47.2 Å². The van der Waals surface area contributed by atoms with Crippen molar-refractivity contribution in [1.29, 1.82) is 0 Å². The molecular weight excluding hydrogens is 310 g/mol. The zero-order valence-electron chi connectivity index (χ0n) is 12.7. The zero-order valence-corrected chi connectivity index (χ0v) is 13.6. The highest BCUT2D eigenvalue weighted by Crippen LogP contribution is 2.27. The van der Waals surface area contributed by atoms with Crippen LogP contribution in [-0.4, -0.2) is 40.9 Å². The standard InChI is InChI=1S/C16H17N5OS/c1-23-16-19-15-18-13-11(9-21(15)20-16)8-12(17-14(13)22)7-10-5-3-2-4-6-10/h2-6,12H,7-9H2,1H3,(H,17,22)(H,18,19,20). The molecule has 0 spiro atoms. The lowest BCUT2D eigenvalue weighted by atomic mass is 9.93. The molecule has 1 amide bonds. The maximum atomic E-state index is 12.4. The summed E-state index contributed by atoms with van der Waals surface area (Å²) in [4.78, 5) is 21.2. The van der Waals surface area contributed by atoms with Gasteiger partial charge < -0.3 is 5.32 Å². The summed E-state index contributed by atoms with van der Waals surface area (Å²) in [6, 6.07) is 10.4. The molecule has 0 bridgehead atoms. The van der Waals surface area contributed by atoms with Gasteiger partial charge in [-0.2, -0.15) is 4.99 Å². The van der Waals surface area contributed by atoms with E-state index in [-0.39, 0.29) is 11.9 Å². The second-order valence-electron chi connectivity index (χ2n) is 5.75. The number of thioether (sulfide) groups is 1. The number of hydrazine groups is 1. The lowest BCUT2D eigenvalue weighted by Crippen LogP contribution is -2.48. The largest absolute Gasteiger partial charge is 0.347 e. The van der Waals surface area contributed by atoms with Crippen molar-refractivity contribution in [3.63, 3.8) is 0 Å². The van der Waals surface area contributed by atoms with Gasteiger partial charge in [0.1, 0.15) is 5.70 Å². The Bertz CT molecular complexity index is 740. The van der Waals surface area contributed by atoms with Crippen LogP contribution in [0, 0.1) is 0 Å². The van der Waals surface area contributed by atoms with Crippen LogP contribution in [0.15, 0.2) is 51.6 Å². The van der Waals surface area contributed by atoms with Gasteiger partial charge >= 0.3 is 0 Å². The maximum absolute atomic E-state index is 12.4. The summed E-state index contributed by atoms with van der Waals surface area (Å²) in [7, 11) is 0. The molecule has 0 aliphatic carbocycles. The van der Waals surface area contributed by atoms with Crippen LogP contribution in [0.5, 0.6) is 0 Å². The molecule has 1 unspecified atom stereocenters. The van der Waals surface area contributed by atoms with Crippen molar-refractivity contribution >= 4 is 28.8 Å². The number of aliphatic imine (C=N–C) groups is 2. The number of amides is 1. The molecule has 0 saturated carbocycles. The molecule has 4 rings (SSSR count). The Balaban J connectivity index is 1.54. The van der Waals surface area contributed by atoms with E-state index >= 15 is 0 Å². The molecule has 6 nitrogen and oxygen atoms in total. The number of hydrogen-bond acceptors (Lipinski definition) is 6. The summed E-state index contributed by atoms with van der Waals surface area (Å²) in [6.45, 7) is 0.653. The minimum atomic E-state index is -0.0906. The summed E-state index contributed by atoms with van der Waals surface area (Å²) in [6.07, 6.45) is 3.61. The fourth-order valence-corrected chi connectivity index (χ4v) is 3.44. The van der Waals surface area contributed by atoms with E-state index in [1.165, 1.54) is 17.3 Å². The molecule has 2 N–H and O–H groups in total. The molecule has 3 aliphatic heterocycles. The van der Waals surface area contributed by atoms with Crippen molar-refractivity contribution in [2.75, 3.05) is 12.8 Å². The molecular formula is C16H17N5OS. The fraction of sp³-hybridized carbons (Fsp3) is 0.312. The van der Waals surface area contributed by atoms with Crippen LogP contribution >= 0.6 is 11.8 Å². The first-order valence-electron chi connectivity index (χ1n) is 7.55. The van der Waals surface area contributed by atoms with Crippen molar-refractivity contribution in [1.82, 2.24) is 15.8 Å². The summed E-state index contributed by atoms with van der Waals surface area (Å²) in [5, 5.41) is 5.79. The monoisotopic (exact) mass is 327 g/mol. The van der Waals surface area contributed by atoms with Crippen LogP contribution in [0.25, 0.3) is 0 Å². The lowest BCUT2D eigenvalue weighted by molar-refractivity contribution is -0.118. The Morgan fingerprint density at radius 1 is 1.30 bits per heavy atom. The summed E-state index contributed by atoms with van der Waals surface area (Å²) in [5.41, 5.74) is 6.04. The second kappa shape index (κ2) is 5.73. The molecule has 0 radical (unpaired) electrons. The van der Waals surface area contributed by atoms with Crippen LogP contribution < -0.4 is 10.7 Å². The normalized spacial score (nSPS) is 22.7. The molecule has 23 heavy (non-hydrogen) atoms. The summed E-state index contributed by atoms with van der Waals surface area (Å²) < 4.78 is 0. The van der Waals surface area contributed by atoms with Gasteiger partial charge in [0.15, 0.2) is 5.17 Å². The highest BCUT2D eigenvalue weighted by atomic mass is 32.2. The van der Waals surface area contributed by atoms with Crippen molar-refractivity contribution in [2.24, 2.45) is 9.98 Å². The number of nitrogens with zero attached hydrogens (tertiary/aromatic N) is 3. The van der Waals surface area contributed by atoms with Gasteiger partial charge in [0.05, 0.1) is 6.54 Å². The van der Waals surface area contributed by atoms with Crippen LogP contribution in [0.3, 0.4) is 0 Å². The molecule has 3 aliphatic rings. The number of carbonyl (C=O) groups is 1. The number of hydrogen-bond donors (Lipinski definition) is 2. The van der Waals surface area contributed by atoms with Crippen LogP contribution in [0.1, 0.15) is 12.0 Å². The summed E-state index contributed by atoms with van der Waals surface area (Å²) in [5.74, 6) is 0.483. The van der Waals surface area contributed by atoms with E-state index in [4.69, 9.17) is 0 Å². The van der Waals surface area contributed by atoms with E-state index in [2.05, 4.69) is 32.9 Å². The Morgan fingerprint density at radius 2 is 2.13 bits per heavy atom. The van der Waals surface area contributed by atoms with E-state index in [1.54, 1.807) is 0 Å². The number of carbonyl (C=O) groups excluding carboxylic acids is 1. The first kappa shape index (κ1) is 14.3. The second-order valence-corrected chi connectivity index (χ2v) is 6.54. The minimum Gasteiger partial charge on any atom is -0.347 e. The number of guanidine groups is 1. The molecule has 1 aromatic rings. The van der Waals surface area contributed by atoms with Crippen molar-refractivity contribution in [3.8, 4) is 0 Å². The topological polar surface area (TPSA) is 69.1 Å². The SMILES string of the molecule is CSC1=NC2=NC3=C(CC(Cc4ccccc4)NC3=O)CN2N1. The quantitative estimate of drug-likeness (QED) is 0.859. The molecule has 3 heterocycles. The predicted molar refractivity (Wildman–Crippen MR) is 91.9 cm³/mol. The number of benzene rings is 1. The van der Waals surface area contributed by atoms with E-state index in [9.17, 15) is 4.79 Å². The fourth-order valence-electron chi connectivity index (χ4n) is 3.07. The predicted octanol–water partition coefficient (Wildman–Crippen LogP) is 1.28. The van der Waals surface area contributed by atoms with Crippen LogP contribution in [-0.2, 0) is 11.2 Å². The smallest absolute Gasteiger partial charge is 0.270 e. The molecule has 0 aromatic heterocycles. The molecule has 7 heteroatoms. The van der Waals surface area contributed by atoms with Crippen molar-refractivity contribution in [2.45, 2.75) is 18.9 Å². The summed E-state index contributed by atoms with van der Waals surface area (Å²) >= 11 is 1.53. The Kier molecular flexibility index (Phi) is 3.57. The molecule has 1 atom stereocenters. The lowest BCUT2D eigenvalue weighted by Gasteiger charge is -2.32. The number of fused-ring (bicyclic) bond motifs is 1. The molecule has 118 valence electrons. The highest BCUT2D eigenvalue weighted by Gasteiger charge is 2.34. The van der Waals surface area contributed by atoms with Gasteiger partial charge in [0, 0.05) is 6.04 Å². The van der Waals surface area contributed by atoms with E-state index in [0.717, 1.165) is 23.6 Å². The maximum Gasteiger partial charge on any atom is 0.270 e. The van der Waals surface area contributed by atoms with Gasteiger partial charge in [0.25, 0.3) is 5.91 Å². The first-order valence-corrected chi connectivity index (χ1v) is 8.78. The van der Waals surface area contributed by atoms with E-state index in [0.29, 0.717) is 18.2 Å². The van der Waals surface area contributed by atoms with E-state index < -0.39 is 0 Å². The van der Waals surface area contributed by atoms with Gasteiger partial charge in [-0.25, -0.2) is 10.0 Å². The third-order valence-electron chi connectivity index (χ3n) is 4.13. The highest BCUT2D eigenvalue weighted by molar-refractivity contribution is 8.13. The average molecular weight is 327 g/mol. The third-order valence-corrected chi connectivity index (χ3v) is 4.70. The van der Waals surface area contributed by atoms with E-state index in [1.807, 2.05) is 29.5 Å². The Labute approximate surface area is 138 Å². The number of rotatable bonds is 2.